The number of nitrogens with one attached hydrogen (secondary N) is 2. The third-order valence-electron chi connectivity index (χ3n) is 5.32. The predicted molar refractivity (Wildman–Crippen MR) is 134 cm³/mol. The van der Waals surface area contributed by atoms with E-state index in [4.69, 9.17) is 35.1 Å². The summed E-state index contributed by atoms with van der Waals surface area (Å²) < 4.78 is 29.1. The molecule has 2 aromatic rings. The van der Waals surface area contributed by atoms with Crippen molar-refractivity contribution in [3.63, 3.8) is 0 Å². The van der Waals surface area contributed by atoms with Crippen molar-refractivity contribution in [3.8, 4) is 5.75 Å². The van der Waals surface area contributed by atoms with Gasteiger partial charge < -0.3 is 33.5 Å². The van der Waals surface area contributed by atoms with E-state index in [0.29, 0.717) is 5.75 Å². The van der Waals surface area contributed by atoms with Crippen molar-refractivity contribution in [2.45, 2.75) is 57.1 Å². The number of hydrogen-bond acceptors (Lipinski definition) is 11. The SMILES string of the molecule is CO[C@]1(COP(=S)(N[C@H](C)C(=O)OC(C)C)Oc2ccccc2)O[C@@H](n2ccc(=O)[nH]c2=O)[C@H](O)[C@@H]1O. The Balaban J connectivity index is 1.86. The lowest BCUT2D eigenvalue weighted by atomic mass is 10.1. The number of aliphatic hydroxyl groups is 2. The number of aromatic nitrogens is 2. The Bertz CT molecular complexity index is 1240. The van der Waals surface area contributed by atoms with Gasteiger partial charge in [0.1, 0.15) is 30.6 Å². The Morgan fingerprint density at radius 2 is 1.92 bits per heavy atom. The van der Waals surface area contributed by atoms with E-state index in [1.807, 2.05) is 4.98 Å². The molecule has 0 spiro atoms. The summed E-state index contributed by atoms with van der Waals surface area (Å²) in [4.78, 5) is 38.1. The first-order valence-electron chi connectivity index (χ1n) is 11.3. The standard InChI is InChI=1S/C22H30N3O10PS/c1-13(2)33-20(29)14(3)24-36(37,35-15-8-6-5-7-9-15)32-12-22(31-4)18(28)17(27)19(34-22)25-11-10-16(26)23-21(25)30/h5-11,13-14,17-19,27-28H,12H2,1-4H3,(H,24,37)(H,23,26,30)/t14-,17-,18+,19-,22-,36?/m1/s1. The number of benzene rings is 1. The van der Waals surface area contributed by atoms with E-state index in [1.54, 1.807) is 44.2 Å². The van der Waals surface area contributed by atoms with E-state index < -0.39 is 60.7 Å². The van der Waals surface area contributed by atoms with Gasteiger partial charge in [0.05, 0.1) is 6.10 Å². The molecule has 1 aliphatic heterocycles. The summed E-state index contributed by atoms with van der Waals surface area (Å²) in [5.41, 5.74) is -1.51. The van der Waals surface area contributed by atoms with Gasteiger partial charge in [-0.25, -0.2) is 9.88 Å². The van der Waals surface area contributed by atoms with Crippen LogP contribution in [0.3, 0.4) is 0 Å². The molecule has 1 fully saturated rings. The van der Waals surface area contributed by atoms with E-state index >= 15 is 0 Å². The van der Waals surface area contributed by atoms with Crippen molar-refractivity contribution in [2.24, 2.45) is 0 Å². The molecule has 1 aromatic heterocycles. The average molecular weight is 560 g/mol. The topological polar surface area (TPSA) is 171 Å². The first kappa shape index (κ1) is 29.1. The highest BCUT2D eigenvalue weighted by Gasteiger charge is 2.57. The molecule has 13 nitrogen and oxygen atoms in total. The minimum atomic E-state index is -3.54. The lowest BCUT2D eigenvalue weighted by molar-refractivity contribution is -0.266. The van der Waals surface area contributed by atoms with Gasteiger partial charge in [0.15, 0.2) is 6.23 Å². The molecule has 0 radical (unpaired) electrons. The molecule has 4 N–H and O–H groups in total. The zero-order valence-electron chi connectivity index (χ0n) is 20.6. The van der Waals surface area contributed by atoms with E-state index in [2.05, 4.69) is 5.09 Å². The maximum Gasteiger partial charge on any atom is 0.330 e. The van der Waals surface area contributed by atoms with Crippen LogP contribution in [0.1, 0.15) is 27.0 Å². The van der Waals surface area contributed by atoms with Crippen LogP contribution in [0.4, 0.5) is 0 Å². The summed E-state index contributed by atoms with van der Waals surface area (Å²) in [7, 11) is 1.20. The molecule has 1 saturated heterocycles. The number of esters is 1. The number of carbonyl (C=O) groups is 1. The molecule has 0 aliphatic carbocycles. The number of H-pyrrole nitrogens is 1. The van der Waals surface area contributed by atoms with E-state index in [9.17, 15) is 24.6 Å². The van der Waals surface area contributed by atoms with Crippen LogP contribution in [0.2, 0.25) is 0 Å². The highest BCUT2D eigenvalue weighted by molar-refractivity contribution is 8.09. The van der Waals surface area contributed by atoms with Gasteiger partial charge in [-0.3, -0.25) is 19.1 Å². The van der Waals surface area contributed by atoms with E-state index in [-0.39, 0.29) is 6.10 Å². The van der Waals surface area contributed by atoms with Gasteiger partial charge in [0.2, 0.25) is 5.79 Å². The third-order valence-corrected chi connectivity index (χ3v) is 7.80. The second-order valence-electron chi connectivity index (χ2n) is 8.49. The normalized spacial score (nSPS) is 26.0. The van der Waals surface area contributed by atoms with Crippen molar-refractivity contribution in [1.82, 2.24) is 14.6 Å². The van der Waals surface area contributed by atoms with E-state index in [0.717, 1.165) is 16.8 Å². The van der Waals surface area contributed by atoms with Gasteiger partial charge in [-0.2, -0.15) is 0 Å². The van der Waals surface area contributed by atoms with Crippen LogP contribution in [0.25, 0.3) is 0 Å². The largest absolute Gasteiger partial charge is 0.462 e. The predicted octanol–water partition coefficient (Wildman–Crippen LogP) is 0.380. The van der Waals surface area contributed by atoms with Crippen LogP contribution >= 0.6 is 6.64 Å². The minimum Gasteiger partial charge on any atom is -0.462 e. The van der Waals surface area contributed by atoms with Crippen LogP contribution in [-0.2, 0) is 35.3 Å². The molecule has 15 heteroatoms. The number of ether oxygens (including phenoxy) is 3. The maximum absolute atomic E-state index is 12.4. The second-order valence-corrected chi connectivity index (χ2v) is 11.6. The molecule has 204 valence electrons. The fourth-order valence-electron chi connectivity index (χ4n) is 3.47. The number of para-hydroxylation sites is 1. The quantitative estimate of drug-likeness (QED) is 0.221. The van der Waals surface area contributed by atoms with Gasteiger partial charge >= 0.3 is 18.3 Å². The molecule has 1 aliphatic rings. The number of carbonyl (C=O) groups excluding carboxylic acids is 1. The van der Waals surface area contributed by atoms with Gasteiger partial charge in [-0.15, -0.1) is 0 Å². The summed E-state index contributed by atoms with van der Waals surface area (Å²) in [6.07, 6.45) is -4.03. The number of aromatic amines is 1. The minimum absolute atomic E-state index is 0.347. The molecule has 3 rings (SSSR count). The molecular weight excluding hydrogens is 529 g/mol. The number of hydrogen-bond donors (Lipinski definition) is 4. The average Bonchev–Trinajstić information content (AvgIpc) is 3.08. The van der Waals surface area contributed by atoms with Gasteiger partial charge in [0.25, 0.3) is 5.56 Å². The summed E-state index contributed by atoms with van der Waals surface area (Å²) >= 11 is 5.65. The smallest absolute Gasteiger partial charge is 0.330 e. The molecule has 0 bridgehead atoms. The Morgan fingerprint density at radius 1 is 1.24 bits per heavy atom. The van der Waals surface area contributed by atoms with Crippen LogP contribution in [-0.4, -0.2) is 69.6 Å². The van der Waals surface area contributed by atoms with Gasteiger partial charge in [-0.05, 0) is 44.7 Å². The van der Waals surface area contributed by atoms with Crippen molar-refractivity contribution in [2.75, 3.05) is 13.7 Å². The van der Waals surface area contributed by atoms with Gasteiger partial charge in [-0.1, -0.05) is 18.2 Å². The van der Waals surface area contributed by atoms with Crippen LogP contribution in [0.5, 0.6) is 5.75 Å². The molecule has 1 aromatic carbocycles. The summed E-state index contributed by atoms with van der Waals surface area (Å²) in [6.45, 7) is 0.819. The first-order valence-corrected chi connectivity index (χ1v) is 13.9. The number of nitrogens with zero attached hydrogens (tertiary/aromatic N) is 1. The first-order chi connectivity index (χ1) is 17.4. The molecule has 1 unspecified atom stereocenters. The highest BCUT2D eigenvalue weighted by Crippen LogP contribution is 2.48. The molecule has 0 amide bonds. The summed E-state index contributed by atoms with van der Waals surface area (Å²) in [5, 5.41) is 24.3. The summed E-state index contributed by atoms with van der Waals surface area (Å²) in [5.74, 6) is -2.23. The molecule has 6 atom stereocenters. The number of aliphatic hydroxyl groups excluding tert-OH is 2. The van der Waals surface area contributed by atoms with E-state index in [1.165, 1.54) is 14.0 Å². The zero-order chi connectivity index (χ0) is 27.4. The van der Waals surface area contributed by atoms with Crippen molar-refractivity contribution >= 4 is 24.4 Å². The van der Waals surface area contributed by atoms with Crippen LogP contribution in [0, 0.1) is 0 Å². The lowest BCUT2D eigenvalue weighted by Gasteiger charge is -2.33. The molecule has 2 heterocycles. The Hall–Kier alpha value is -2.42. The Labute approximate surface area is 217 Å². The Kier molecular flexibility index (Phi) is 9.42. The second kappa shape index (κ2) is 12.0. The summed E-state index contributed by atoms with van der Waals surface area (Å²) in [6, 6.07) is 8.61. The number of methoxy groups -OCH3 is 1. The van der Waals surface area contributed by atoms with Crippen LogP contribution in [0.15, 0.2) is 52.2 Å². The van der Waals surface area contributed by atoms with Crippen molar-refractivity contribution < 1.29 is 38.3 Å². The van der Waals surface area contributed by atoms with Gasteiger partial charge in [0, 0.05) is 19.4 Å². The maximum atomic E-state index is 12.4. The Morgan fingerprint density at radius 3 is 2.51 bits per heavy atom. The van der Waals surface area contributed by atoms with Crippen molar-refractivity contribution in [1.29, 1.82) is 0 Å². The lowest BCUT2D eigenvalue weighted by Crippen LogP contribution is -2.49. The fraction of sp³-hybridized carbons (Fsp3) is 0.500. The monoisotopic (exact) mass is 559 g/mol. The van der Waals surface area contributed by atoms with Crippen LogP contribution < -0.4 is 20.9 Å². The fourth-order valence-corrected chi connectivity index (χ4v) is 5.86. The third kappa shape index (κ3) is 6.92. The van der Waals surface area contributed by atoms with Crippen molar-refractivity contribution in [3.05, 3.63) is 63.4 Å². The molecular formula is C22H30N3O10PS. The number of rotatable bonds is 11. The molecule has 37 heavy (non-hydrogen) atoms. The highest BCUT2D eigenvalue weighted by atomic mass is 32.5. The molecule has 0 saturated carbocycles. The zero-order valence-corrected chi connectivity index (χ0v) is 22.3.